The molecule has 1 atom stereocenters. The summed E-state index contributed by atoms with van der Waals surface area (Å²) >= 11 is 9.63. The predicted molar refractivity (Wildman–Crippen MR) is 82.2 cm³/mol. The second-order valence-corrected chi connectivity index (χ2v) is 6.29. The Labute approximate surface area is 134 Å². The van der Waals surface area contributed by atoms with Crippen LogP contribution in [0.2, 0.25) is 0 Å². The average Bonchev–Trinajstić information content (AvgIpc) is 2.99. The van der Waals surface area contributed by atoms with Crippen LogP contribution in [0, 0.1) is 6.92 Å². The van der Waals surface area contributed by atoms with Gasteiger partial charge in [-0.3, -0.25) is 0 Å². The van der Waals surface area contributed by atoms with Crippen LogP contribution in [-0.2, 0) is 13.0 Å². The molecule has 8 heteroatoms. The standard InChI is InChI=1S/C13H13BrClN5O/c1-7(15)12-18-10-5-9(14)6-16-13(10)20(12)4-3-11-17-8(2)19-21-11/h5-7H,3-4H2,1-2H3. The molecule has 0 saturated heterocycles. The maximum Gasteiger partial charge on any atom is 0.228 e. The van der Waals surface area contributed by atoms with Crippen molar-refractivity contribution in [1.29, 1.82) is 0 Å². The van der Waals surface area contributed by atoms with Crippen molar-refractivity contribution in [3.63, 3.8) is 0 Å². The van der Waals surface area contributed by atoms with Gasteiger partial charge >= 0.3 is 0 Å². The lowest BCUT2D eigenvalue weighted by Gasteiger charge is -2.08. The highest BCUT2D eigenvalue weighted by molar-refractivity contribution is 9.10. The van der Waals surface area contributed by atoms with E-state index in [2.05, 4.69) is 36.0 Å². The quantitative estimate of drug-likeness (QED) is 0.658. The minimum Gasteiger partial charge on any atom is -0.339 e. The van der Waals surface area contributed by atoms with E-state index in [1.165, 1.54) is 0 Å². The molecule has 3 rings (SSSR count). The zero-order chi connectivity index (χ0) is 15.0. The van der Waals surface area contributed by atoms with Crippen LogP contribution in [-0.4, -0.2) is 24.7 Å². The number of hydrogen-bond donors (Lipinski definition) is 0. The Hall–Kier alpha value is -1.47. The summed E-state index contributed by atoms with van der Waals surface area (Å²) in [6.45, 7) is 4.33. The number of hydrogen-bond acceptors (Lipinski definition) is 5. The highest BCUT2D eigenvalue weighted by atomic mass is 79.9. The molecule has 3 aromatic heterocycles. The van der Waals surface area contributed by atoms with E-state index < -0.39 is 0 Å². The van der Waals surface area contributed by atoms with Gasteiger partial charge in [-0.25, -0.2) is 9.97 Å². The van der Waals surface area contributed by atoms with Crippen LogP contribution >= 0.6 is 27.5 Å². The summed E-state index contributed by atoms with van der Waals surface area (Å²) in [6, 6.07) is 1.93. The molecule has 1 unspecified atom stereocenters. The fourth-order valence-corrected chi connectivity index (χ4v) is 2.66. The number of halogens is 2. The van der Waals surface area contributed by atoms with Gasteiger partial charge in [-0.2, -0.15) is 4.98 Å². The Morgan fingerprint density at radius 2 is 2.24 bits per heavy atom. The normalized spacial score (nSPS) is 13.0. The first-order valence-corrected chi connectivity index (χ1v) is 7.72. The van der Waals surface area contributed by atoms with Crippen molar-refractivity contribution in [3.8, 4) is 0 Å². The second kappa shape index (κ2) is 5.73. The average molecular weight is 371 g/mol. The first-order valence-electron chi connectivity index (χ1n) is 6.49. The third-order valence-corrected chi connectivity index (χ3v) is 3.68. The van der Waals surface area contributed by atoms with Crippen LogP contribution in [0.4, 0.5) is 0 Å². The zero-order valence-electron chi connectivity index (χ0n) is 11.5. The number of aromatic nitrogens is 5. The van der Waals surface area contributed by atoms with E-state index in [0.29, 0.717) is 24.7 Å². The van der Waals surface area contributed by atoms with E-state index in [9.17, 15) is 0 Å². The fourth-order valence-electron chi connectivity index (χ4n) is 2.18. The van der Waals surface area contributed by atoms with Crippen molar-refractivity contribution in [1.82, 2.24) is 24.7 Å². The van der Waals surface area contributed by atoms with Gasteiger partial charge in [0.15, 0.2) is 11.5 Å². The lowest BCUT2D eigenvalue weighted by atomic mass is 10.3. The van der Waals surface area contributed by atoms with Gasteiger partial charge in [-0.15, -0.1) is 11.6 Å². The smallest absolute Gasteiger partial charge is 0.228 e. The van der Waals surface area contributed by atoms with E-state index >= 15 is 0 Å². The van der Waals surface area contributed by atoms with Crippen molar-refractivity contribution < 1.29 is 4.52 Å². The second-order valence-electron chi connectivity index (χ2n) is 4.72. The summed E-state index contributed by atoms with van der Waals surface area (Å²) in [6.07, 6.45) is 2.36. The molecule has 0 bridgehead atoms. The first-order chi connectivity index (χ1) is 10.0. The molecular formula is C13H13BrClN5O. The van der Waals surface area contributed by atoms with Gasteiger partial charge < -0.3 is 9.09 Å². The maximum atomic E-state index is 6.23. The summed E-state index contributed by atoms with van der Waals surface area (Å²) in [4.78, 5) is 13.2. The lowest BCUT2D eigenvalue weighted by molar-refractivity contribution is 0.368. The molecule has 0 aliphatic rings. The van der Waals surface area contributed by atoms with Gasteiger partial charge in [0, 0.05) is 23.6 Å². The Balaban J connectivity index is 1.97. The van der Waals surface area contributed by atoms with Crippen LogP contribution in [0.25, 0.3) is 11.2 Å². The van der Waals surface area contributed by atoms with Crippen molar-refractivity contribution >= 4 is 38.7 Å². The predicted octanol–water partition coefficient (Wildman–Crippen LogP) is 3.43. The number of rotatable bonds is 4. The number of imidazole rings is 1. The largest absolute Gasteiger partial charge is 0.339 e. The molecule has 3 heterocycles. The van der Waals surface area contributed by atoms with Gasteiger partial charge in [-0.1, -0.05) is 5.16 Å². The van der Waals surface area contributed by atoms with Crippen molar-refractivity contribution in [2.75, 3.05) is 0 Å². The number of nitrogens with zero attached hydrogens (tertiary/aromatic N) is 5. The van der Waals surface area contributed by atoms with Gasteiger partial charge in [0.25, 0.3) is 0 Å². The maximum absolute atomic E-state index is 6.23. The van der Waals surface area contributed by atoms with E-state index in [1.54, 1.807) is 13.1 Å². The van der Waals surface area contributed by atoms with E-state index in [-0.39, 0.29) is 5.38 Å². The highest BCUT2D eigenvalue weighted by Gasteiger charge is 2.17. The molecule has 0 aliphatic carbocycles. The van der Waals surface area contributed by atoms with Crippen molar-refractivity contribution in [2.24, 2.45) is 0 Å². The highest BCUT2D eigenvalue weighted by Crippen LogP contribution is 2.25. The monoisotopic (exact) mass is 369 g/mol. The molecule has 0 amide bonds. The summed E-state index contributed by atoms with van der Waals surface area (Å²) in [5.74, 6) is 2.02. The topological polar surface area (TPSA) is 69.6 Å². The van der Waals surface area contributed by atoms with Crippen molar-refractivity contribution in [2.45, 2.75) is 32.2 Å². The zero-order valence-corrected chi connectivity index (χ0v) is 13.9. The molecule has 110 valence electrons. The third kappa shape index (κ3) is 2.94. The molecule has 0 aliphatic heterocycles. The Morgan fingerprint density at radius 1 is 1.43 bits per heavy atom. The summed E-state index contributed by atoms with van der Waals surface area (Å²) in [5, 5.41) is 3.58. The van der Waals surface area contributed by atoms with Crippen LogP contribution in [0.3, 0.4) is 0 Å². The molecule has 0 spiro atoms. The van der Waals surface area contributed by atoms with Gasteiger partial charge in [-0.05, 0) is 35.8 Å². The van der Waals surface area contributed by atoms with Crippen LogP contribution < -0.4 is 0 Å². The number of pyridine rings is 1. The third-order valence-electron chi connectivity index (χ3n) is 3.06. The summed E-state index contributed by atoms with van der Waals surface area (Å²) in [7, 11) is 0. The van der Waals surface area contributed by atoms with Crippen LogP contribution in [0.5, 0.6) is 0 Å². The van der Waals surface area contributed by atoms with E-state index in [4.69, 9.17) is 16.1 Å². The fraction of sp³-hybridized carbons (Fsp3) is 0.385. The van der Waals surface area contributed by atoms with Crippen molar-refractivity contribution in [3.05, 3.63) is 34.3 Å². The molecule has 0 radical (unpaired) electrons. The summed E-state index contributed by atoms with van der Waals surface area (Å²) < 4.78 is 8.03. The number of fused-ring (bicyclic) bond motifs is 1. The Morgan fingerprint density at radius 3 is 2.90 bits per heavy atom. The van der Waals surface area contributed by atoms with Crippen LogP contribution in [0.15, 0.2) is 21.3 Å². The van der Waals surface area contributed by atoms with Gasteiger partial charge in [0.1, 0.15) is 11.3 Å². The van der Waals surface area contributed by atoms with Gasteiger partial charge in [0.2, 0.25) is 5.89 Å². The molecular weight excluding hydrogens is 358 g/mol. The first kappa shape index (κ1) is 14.5. The molecule has 0 N–H and O–H groups in total. The molecule has 3 aromatic rings. The van der Waals surface area contributed by atoms with E-state index in [1.807, 2.05) is 17.6 Å². The Kier molecular flexibility index (Phi) is 3.95. The molecule has 0 aromatic carbocycles. The number of aryl methyl sites for hydroxylation is 3. The summed E-state index contributed by atoms with van der Waals surface area (Å²) in [5.41, 5.74) is 1.62. The molecule has 6 nitrogen and oxygen atoms in total. The molecule has 0 fully saturated rings. The SMILES string of the molecule is Cc1noc(CCn2c(C(C)Cl)nc3cc(Br)cnc32)n1. The lowest BCUT2D eigenvalue weighted by Crippen LogP contribution is -2.07. The minimum absolute atomic E-state index is 0.206. The van der Waals surface area contributed by atoms with Gasteiger partial charge in [0.05, 0.1) is 5.38 Å². The number of alkyl halides is 1. The molecule has 0 saturated carbocycles. The van der Waals surface area contributed by atoms with E-state index in [0.717, 1.165) is 21.5 Å². The minimum atomic E-state index is -0.206. The molecule has 21 heavy (non-hydrogen) atoms. The van der Waals surface area contributed by atoms with Crippen LogP contribution in [0.1, 0.15) is 29.8 Å². The Bertz CT molecular complexity index is 782.